The topological polar surface area (TPSA) is 96.0 Å². The molecule has 0 heterocycles. The van der Waals surface area contributed by atoms with Crippen molar-refractivity contribution in [2.24, 2.45) is 0 Å². The zero-order valence-corrected chi connectivity index (χ0v) is 20.5. The van der Waals surface area contributed by atoms with Crippen LogP contribution in [0.3, 0.4) is 0 Å². The SMILES string of the molecule is CNC(=O)[C@H](C)N(Cc1ccc(OC)cc1)C(=O)CN(c1cc(Cl)cc(Cl)c1)S(C)(=O)=O. The third-order valence-corrected chi connectivity index (χ3v) is 6.32. The van der Waals surface area contributed by atoms with Crippen molar-refractivity contribution in [3.63, 3.8) is 0 Å². The van der Waals surface area contributed by atoms with Gasteiger partial charge in [-0.1, -0.05) is 35.3 Å². The minimum absolute atomic E-state index is 0.0886. The summed E-state index contributed by atoms with van der Waals surface area (Å²) in [6, 6.07) is 10.4. The van der Waals surface area contributed by atoms with E-state index in [1.807, 2.05) is 0 Å². The van der Waals surface area contributed by atoms with Crippen molar-refractivity contribution in [3.05, 3.63) is 58.1 Å². The molecular formula is C21H25Cl2N3O5S. The summed E-state index contributed by atoms with van der Waals surface area (Å²) in [6.07, 6.45) is 0.977. The van der Waals surface area contributed by atoms with E-state index >= 15 is 0 Å². The molecule has 1 atom stereocenters. The molecule has 32 heavy (non-hydrogen) atoms. The van der Waals surface area contributed by atoms with Crippen molar-refractivity contribution in [2.45, 2.75) is 19.5 Å². The highest BCUT2D eigenvalue weighted by atomic mass is 35.5. The Morgan fingerprint density at radius 3 is 2.12 bits per heavy atom. The molecule has 2 amide bonds. The fourth-order valence-electron chi connectivity index (χ4n) is 3.02. The van der Waals surface area contributed by atoms with Crippen LogP contribution in [0, 0.1) is 0 Å². The molecule has 0 fully saturated rings. The first-order chi connectivity index (χ1) is 15.0. The van der Waals surface area contributed by atoms with E-state index < -0.39 is 28.5 Å². The molecule has 2 aromatic carbocycles. The highest BCUT2D eigenvalue weighted by Gasteiger charge is 2.30. The fourth-order valence-corrected chi connectivity index (χ4v) is 4.36. The highest BCUT2D eigenvalue weighted by Crippen LogP contribution is 2.27. The van der Waals surface area contributed by atoms with Crippen LogP contribution in [0.25, 0.3) is 0 Å². The quantitative estimate of drug-likeness (QED) is 0.569. The minimum Gasteiger partial charge on any atom is -0.497 e. The number of amides is 2. The van der Waals surface area contributed by atoms with Gasteiger partial charge >= 0.3 is 0 Å². The van der Waals surface area contributed by atoms with Crippen LogP contribution in [-0.2, 0) is 26.2 Å². The maximum Gasteiger partial charge on any atom is 0.244 e. The lowest BCUT2D eigenvalue weighted by atomic mass is 10.1. The summed E-state index contributed by atoms with van der Waals surface area (Å²) >= 11 is 12.0. The van der Waals surface area contributed by atoms with Gasteiger partial charge in [0.1, 0.15) is 18.3 Å². The van der Waals surface area contributed by atoms with Gasteiger partial charge in [0.05, 0.1) is 19.1 Å². The van der Waals surface area contributed by atoms with Crippen LogP contribution in [0.4, 0.5) is 5.69 Å². The van der Waals surface area contributed by atoms with E-state index in [4.69, 9.17) is 27.9 Å². The second-order valence-electron chi connectivity index (χ2n) is 7.06. The van der Waals surface area contributed by atoms with Gasteiger partial charge in [0, 0.05) is 23.6 Å². The molecule has 174 valence electrons. The van der Waals surface area contributed by atoms with Crippen LogP contribution in [0.2, 0.25) is 10.0 Å². The number of benzene rings is 2. The lowest BCUT2D eigenvalue weighted by molar-refractivity contribution is -0.139. The van der Waals surface area contributed by atoms with E-state index in [0.29, 0.717) is 5.75 Å². The number of nitrogens with zero attached hydrogens (tertiary/aromatic N) is 2. The van der Waals surface area contributed by atoms with Crippen LogP contribution in [0.15, 0.2) is 42.5 Å². The summed E-state index contributed by atoms with van der Waals surface area (Å²) < 4.78 is 31.0. The molecule has 0 aliphatic rings. The van der Waals surface area contributed by atoms with Gasteiger partial charge in [-0.2, -0.15) is 0 Å². The average molecular weight is 502 g/mol. The number of hydrogen-bond donors (Lipinski definition) is 1. The molecule has 8 nitrogen and oxygen atoms in total. The number of sulfonamides is 1. The molecule has 11 heteroatoms. The molecule has 0 aliphatic carbocycles. The molecule has 0 saturated heterocycles. The summed E-state index contributed by atoms with van der Waals surface area (Å²) in [4.78, 5) is 26.9. The molecule has 2 aromatic rings. The van der Waals surface area contributed by atoms with Crippen molar-refractivity contribution >= 4 is 50.7 Å². The highest BCUT2D eigenvalue weighted by molar-refractivity contribution is 7.92. The van der Waals surface area contributed by atoms with Crippen molar-refractivity contribution < 1.29 is 22.7 Å². The van der Waals surface area contributed by atoms with Crippen LogP contribution < -0.4 is 14.4 Å². The number of ether oxygens (including phenoxy) is 1. The Kier molecular flexibility index (Phi) is 8.77. The first kappa shape index (κ1) is 25.8. The smallest absolute Gasteiger partial charge is 0.244 e. The lowest BCUT2D eigenvalue weighted by Crippen LogP contribution is -2.50. The van der Waals surface area contributed by atoms with E-state index in [9.17, 15) is 18.0 Å². The van der Waals surface area contributed by atoms with Gasteiger partial charge in [-0.15, -0.1) is 0 Å². The number of rotatable bonds is 9. The molecule has 0 bridgehead atoms. The minimum atomic E-state index is -3.86. The van der Waals surface area contributed by atoms with Crippen LogP contribution in [-0.4, -0.2) is 58.1 Å². The van der Waals surface area contributed by atoms with Gasteiger partial charge in [-0.05, 0) is 42.8 Å². The van der Waals surface area contributed by atoms with Crippen molar-refractivity contribution in [1.29, 1.82) is 0 Å². The Hall–Kier alpha value is -2.49. The molecular weight excluding hydrogens is 477 g/mol. The average Bonchev–Trinajstić information content (AvgIpc) is 2.73. The van der Waals surface area contributed by atoms with E-state index in [1.165, 1.54) is 30.1 Å². The number of carbonyl (C=O) groups excluding carboxylic acids is 2. The first-order valence-corrected chi connectivity index (χ1v) is 12.1. The monoisotopic (exact) mass is 501 g/mol. The molecule has 1 N–H and O–H groups in total. The van der Waals surface area contributed by atoms with Crippen LogP contribution in [0.5, 0.6) is 5.75 Å². The van der Waals surface area contributed by atoms with E-state index in [0.717, 1.165) is 16.1 Å². The Morgan fingerprint density at radius 1 is 1.09 bits per heavy atom. The third-order valence-electron chi connectivity index (χ3n) is 4.74. The second-order valence-corrected chi connectivity index (χ2v) is 9.84. The third kappa shape index (κ3) is 6.75. The molecule has 0 spiro atoms. The summed E-state index contributed by atoms with van der Waals surface area (Å²) in [6.45, 7) is 1.12. The van der Waals surface area contributed by atoms with E-state index in [2.05, 4.69) is 5.32 Å². The van der Waals surface area contributed by atoms with Crippen LogP contribution in [0.1, 0.15) is 12.5 Å². The van der Waals surface area contributed by atoms with Gasteiger partial charge in [0.15, 0.2) is 0 Å². The number of likely N-dealkylation sites (N-methyl/N-ethyl adjacent to an activating group) is 1. The fraction of sp³-hybridized carbons (Fsp3) is 0.333. The summed E-state index contributed by atoms with van der Waals surface area (Å²) in [5.41, 5.74) is 0.891. The zero-order valence-electron chi connectivity index (χ0n) is 18.1. The molecule has 0 saturated carbocycles. The largest absolute Gasteiger partial charge is 0.497 e. The maximum atomic E-state index is 13.3. The van der Waals surface area contributed by atoms with E-state index in [1.54, 1.807) is 38.3 Å². The second kappa shape index (κ2) is 10.9. The summed E-state index contributed by atoms with van der Waals surface area (Å²) in [5, 5.41) is 2.96. The molecule has 0 unspecified atom stereocenters. The number of methoxy groups -OCH3 is 1. The number of hydrogen-bond acceptors (Lipinski definition) is 5. The summed E-state index contributed by atoms with van der Waals surface area (Å²) in [5.74, 6) is -0.311. The molecule has 0 aliphatic heterocycles. The van der Waals surface area contributed by atoms with Crippen LogP contribution >= 0.6 is 23.2 Å². The van der Waals surface area contributed by atoms with Crippen molar-refractivity contribution in [1.82, 2.24) is 10.2 Å². The number of anilines is 1. The number of nitrogens with one attached hydrogen (secondary N) is 1. The number of carbonyl (C=O) groups is 2. The van der Waals surface area contributed by atoms with Gasteiger partial charge in [0.25, 0.3) is 0 Å². The van der Waals surface area contributed by atoms with Crippen molar-refractivity contribution in [3.8, 4) is 5.75 Å². The first-order valence-electron chi connectivity index (χ1n) is 9.54. The van der Waals surface area contributed by atoms with Gasteiger partial charge in [0.2, 0.25) is 21.8 Å². The molecule has 0 radical (unpaired) electrons. The van der Waals surface area contributed by atoms with E-state index in [-0.39, 0.29) is 28.2 Å². The summed E-state index contributed by atoms with van der Waals surface area (Å²) in [7, 11) is -0.856. The van der Waals surface area contributed by atoms with Crippen molar-refractivity contribution in [2.75, 3.05) is 31.3 Å². The Labute approximate surface area is 198 Å². The standard InChI is InChI=1S/C21H25Cl2N3O5S/c1-14(21(28)24-2)25(12-15-5-7-19(31-3)8-6-15)20(27)13-26(32(4,29)30)18-10-16(22)9-17(23)11-18/h5-11,14H,12-13H2,1-4H3,(H,24,28)/t14-/m0/s1. The Morgan fingerprint density at radius 2 is 1.66 bits per heavy atom. The van der Waals surface area contributed by atoms with Gasteiger partial charge in [-0.3, -0.25) is 13.9 Å². The lowest BCUT2D eigenvalue weighted by Gasteiger charge is -2.31. The predicted molar refractivity (Wildman–Crippen MR) is 126 cm³/mol. The zero-order chi connectivity index (χ0) is 24.1. The Bertz CT molecular complexity index is 1060. The van der Waals surface area contributed by atoms with Gasteiger partial charge < -0.3 is 15.0 Å². The molecule has 0 aromatic heterocycles. The normalized spacial score (nSPS) is 12.1. The maximum absolute atomic E-state index is 13.3. The predicted octanol–water partition coefficient (Wildman–Crippen LogP) is 2.93. The van der Waals surface area contributed by atoms with Gasteiger partial charge in [-0.25, -0.2) is 8.42 Å². The Balaban J connectivity index is 2.39. The number of halogens is 2. The molecule has 2 rings (SSSR count).